The first-order valence-electron chi connectivity index (χ1n) is 5.04. The summed E-state index contributed by atoms with van der Waals surface area (Å²) in [5, 5.41) is 21.0. The van der Waals surface area contributed by atoms with Crippen LogP contribution >= 0.6 is 0 Å². The Bertz CT molecular complexity index is 208. The van der Waals surface area contributed by atoms with E-state index < -0.39 is 0 Å². The maximum absolute atomic E-state index is 9.64. The van der Waals surface area contributed by atoms with E-state index in [1.54, 1.807) is 0 Å². The largest absolute Gasteiger partial charge is 0.409 e. The van der Waals surface area contributed by atoms with Crippen LogP contribution in [0.3, 0.4) is 0 Å². The molecule has 1 aliphatic rings. The molecule has 1 heterocycles. The topological polar surface area (TPSA) is 82.1 Å². The quantitative estimate of drug-likeness (QED) is 0.256. The lowest BCUT2D eigenvalue weighted by Crippen LogP contribution is -2.46. The summed E-state index contributed by atoms with van der Waals surface area (Å²) >= 11 is 0. The van der Waals surface area contributed by atoms with Gasteiger partial charge < -0.3 is 16.0 Å². The van der Waals surface area contributed by atoms with E-state index in [2.05, 4.69) is 17.0 Å². The highest BCUT2D eigenvalue weighted by Crippen LogP contribution is 2.19. The molecule has 0 spiro atoms. The van der Waals surface area contributed by atoms with E-state index in [1.165, 1.54) is 0 Å². The van der Waals surface area contributed by atoms with Gasteiger partial charge in [-0.1, -0.05) is 12.1 Å². The molecule has 1 fully saturated rings. The van der Waals surface area contributed by atoms with Crippen molar-refractivity contribution < 1.29 is 10.3 Å². The molecule has 0 aliphatic carbocycles. The van der Waals surface area contributed by atoms with Gasteiger partial charge in [0, 0.05) is 13.1 Å². The summed E-state index contributed by atoms with van der Waals surface area (Å²) in [6.45, 7) is 4.20. The summed E-state index contributed by atoms with van der Waals surface area (Å²) in [6, 6.07) is 0. The minimum Gasteiger partial charge on any atom is -0.409 e. The number of amidine groups is 1. The lowest BCUT2D eigenvalue weighted by Gasteiger charge is -2.35. The van der Waals surface area contributed by atoms with Crippen molar-refractivity contribution in [1.29, 1.82) is 0 Å². The molecule has 5 heteroatoms. The lowest BCUT2D eigenvalue weighted by atomic mass is 9.92. The zero-order valence-electron chi connectivity index (χ0n) is 8.56. The van der Waals surface area contributed by atoms with Gasteiger partial charge in [0.15, 0.2) is 5.84 Å². The van der Waals surface area contributed by atoms with Crippen molar-refractivity contribution in [2.45, 2.75) is 25.9 Å². The van der Waals surface area contributed by atoms with Crippen LogP contribution in [0.5, 0.6) is 0 Å². The first kappa shape index (κ1) is 11.3. The number of aliphatic hydroxyl groups is 1. The molecule has 5 nitrogen and oxygen atoms in total. The molecule has 82 valence electrons. The number of hydrogen-bond donors (Lipinski definition) is 3. The minimum absolute atomic E-state index is 0.191. The molecule has 0 saturated carbocycles. The average molecular weight is 201 g/mol. The molecule has 0 radical (unpaired) electrons. The summed E-state index contributed by atoms with van der Waals surface area (Å²) in [5.41, 5.74) is 5.42. The Morgan fingerprint density at radius 2 is 2.36 bits per heavy atom. The van der Waals surface area contributed by atoms with Crippen molar-refractivity contribution >= 4 is 5.84 Å². The first-order chi connectivity index (χ1) is 6.67. The molecule has 2 atom stereocenters. The van der Waals surface area contributed by atoms with E-state index in [1.807, 2.05) is 0 Å². The van der Waals surface area contributed by atoms with Gasteiger partial charge in [-0.2, -0.15) is 0 Å². The van der Waals surface area contributed by atoms with Crippen LogP contribution in [0.25, 0.3) is 0 Å². The second-order valence-corrected chi connectivity index (χ2v) is 3.85. The third-order valence-corrected chi connectivity index (χ3v) is 2.82. The third kappa shape index (κ3) is 2.85. The van der Waals surface area contributed by atoms with E-state index in [0.29, 0.717) is 12.5 Å². The zero-order valence-corrected chi connectivity index (χ0v) is 8.56. The smallest absolute Gasteiger partial charge is 0.153 e. The van der Waals surface area contributed by atoms with Crippen LogP contribution in [0.15, 0.2) is 5.16 Å². The Kier molecular flexibility index (Phi) is 4.16. The maximum Gasteiger partial charge on any atom is 0.153 e. The van der Waals surface area contributed by atoms with Crippen molar-refractivity contribution in [3.8, 4) is 0 Å². The summed E-state index contributed by atoms with van der Waals surface area (Å²) in [4.78, 5) is 2.11. The number of likely N-dealkylation sites (tertiary alicyclic amines) is 1. The second kappa shape index (κ2) is 5.17. The molecule has 14 heavy (non-hydrogen) atoms. The van der Waals surface area contributed by atoms with E-state index >= 15 is 0 Å². The predicted molar refractivity (Wildman–Crippen MR) is 54.3 cm³/mol. The Hall–Kier alpha value is -0.810. The van der Waals surface area contributed by atoms with Gasteiger partial charge in [-0.3, -0.25) is 4.90 Å². The van der Waals surface area contributed by atoms with E-state index in [4.69, 9.17) is 10.9 Å². The van der Waals surface area contributed by atoms with Crippen LogP contribution in [-0.2, 0) is 0 Å². The van der Waals surface area contributed by atoms with Gasteiger partial charge in [-0.25, -0.2) is 0 Å². The molecular weight excluding hydrogens is 182 g/mol. The summed E-state index contributed by atoms with van der Waals surface area (Å²) in [6.07, 6.45) is 1.55. The third-order valence-electron chi connectivity index (χ3n) is 2.82. The van der Waals surface area contributed by atoms with Crippen LogP contribution in [0, 0.1) is 5.92 Å². The van der Waals surface area contributed by atoms with Crippen LogP contribution < -0.4 is 5.73 Å². The van der Waals surface area contributed by atoms with E-state index in [0.717, 1.165) is 25.9 Å². The fourth-order valence-corrected chi connectivity index (χ4v) is 1.90. The maximum atomic E-state index is 9.64. The number of hydrogen-bond acceptors (Lipinski definition) is 4. The van der Waals surface area contributed by atoms with Crippen LogP contribution in [0.2, 0.25) is 0 Å². The molecule has 0 aromatic rings. The van der Waals surface area contributed by atoms with Crippen LogP contribution in [0.4, 0.5) is 0 Å². The molecule has 0 bridgehead atoms. The van der Waals surface area contributed by atoms with Gasteiger partial charge in [0.25, 0.3) is 0 Å². The normalized spacial score (nSPS) is 30.6. The Morgan fingerprint density at radius 3 is 2.93 bits per heavy atom. The van der Waals surface area contributed by atoms with Gasteiger partial charge in [0.1, 0.15) is 0 Å². The monoisotopic (exact) mass is 201 g/mol. The molecule has 1 rings (SSSR count). The lowest BCUT2D eigenvalue weighted by molar-refractivity contribution is 0.0306. The summed E-state index contributed by atoms with van der Waals surface area (Å²) < 4.78 is 0. The van der Waals surface area contributed by atoms with Gasteiger partial charge in [-0.05, 0) is 18.8 Å². The zero-order chi connectivity index (χ0) is 10.6. The Morgan fingerprint density at radius 1 is 1.64 bits per heavy atom. The molecule has 0 aromatic heterocycles. The summed E-state index contributed by atoms with van der Waals surface area (Å²) in [5.74, 6) is 0.548. The number of nitrogens with two attached hydrogens (primary N) is 1. The van der Waals surface area contributed by atoms with Crippen molar-refractivity contribution in [3.05, 3.63) is 0 Å². The Balaban J connectivity index is 2.42. The number of nitrogens with zero attached hydrogens (tertiary/aromatic N) is 2. The number of rotatable bonds is 3. The number of oxime groups is 1. The highest BCUT2D eigenvalue weighted by atomic mass is 16.4. The first-order valence-corrected chi connectivity index (χ1v) is 5.04. The van der Waals surface area contributed by atoms with Crippen molar-refractivity contribution in [2.24, 2.45) is 16.8 Å². The van der Waals surface area contributed by atoms with Gasteiger partial charge in [-0.15, -0.1) is 0 Å². The van der Waals surface area contributed by atoms with Crippen molar-refractivity contribution in [2.75, 3.05) is 19.6 Å². The van der Waals surface area contributed by atoms with Gasteiger partial charge >= 0.3 is 0 Å². The fraction of sp³-hybridized carbons (Fsp3) is 0.889. The number of aliphatic hydroxyl groups excluding tert-OH is 1. The molecule has 0 unspecified atom stereocenters. The van der Waals surface area contributed by atoms with Gasteiger partial charge in [0.2, 0.25) is 0 Å². The van der Waals surface area contributed by atoms with Gasteiger partial charge in [0.05, 0.1) is 12.6 Å². The molecular formula is C9H19N3O2. The van der Waals surface area contributed by atoms with Crippen molar-refractivity contribution in [3.63, 3.8) is 0 Å². The minimum atomic E-state index is -0.191. The standard InChI is InChI=1S/C9H19N3O2/c1-2-7-5-12(4-3-8(7)13)6-9(10)11-14/h7-8,13-14H,2-6H2,1H3,(H2,10,11)/t7-,8-/m1/s1. The van der Waals surface area contributed by atoms with E-state index in [9.17, 15) is 5.11 Å². The van der Waals surface area contributed by atoms with Crippen LogP contribution in [-0.4, -0.2) is 46.8 Å². The highest BCUT2D eigenvalue weighted by Gasteiger charge is 2.26. The Labute approximate surface area is 84.2 Å². The fourth-order valence-electron chi connectivity index (χ4n) is 1.90. The average Bonchev–Trinajstić information content (AvgIpc) is 2.20. The molecule has 1 saturated heterocycles. The molecule has 1 aliphatic heterocycles. The second-order valence-electron chi connectivity index (χ2n) is 3.85. The highest BCUT2D eigenvalue weighted by molar-refractivity contribution is 5.81. The molecule has 0 amide bonds. The number of piperidine rings is 1. The van der Waals surface area contributed by atoms with E-state index in [-0.39, 0.29) is 11.9 Å². The summed E-state index contributed by atoms with van der Waals surface area (Å²) in [7, 11) is 0. The SMILES string of the molecule is CC[C@@H]1CN(CC(N)=NO)CC[C@H]1O. The predicted octanol–water partition coefficient (Wildman–Crippen LogP) is -0.174. The molecule has 0 aromatic carbocycles. The molecule has 4 N–H and O–H groups in total. The van der Waals surface area contributed by atoms with Crippen molar-refractivity contribution in [1.82, 2.24) is 4.90 Å². The van der Waals surface area contributed by atoms with Crippen LogP contribution in [0.1, 0.15) is 19.8 Å².